The lowest BCUT2D eigenvalue weighted by Crippen LogP contribution is -2.48. The normalized spacial score (nSPS) is 22.5. The highest BCUT2D eigenvalue weighted by molar-refractivity contribution is 4.85. The molecule has 0 bridgehead atoms. The molecule has 0 atom stereocenters. The van der Waals surface area contributed by atoms with Crippen molar-refractivity contribution in [3.63, 3.8) is 0 Å². The first-order chi connectivity index (χ1) is 6.76. The van der Waals surface area contributed by atoms with Crippen molar-refractivity contribution in [3.8, 4) is 0 Å². The maximum atomic E-state index is 9.29. The summed E-state index contributed by atoms with van der Waals surface area (Å²) in [4.78, 5) is 5.10. The third-order valence-corrected chi connectivity index (χ3v) is 2.66. The van der Waals surface area contributed by atoms with Crippen molar-refractivity contribution < 1.29 is 19.4 Å². The topological polar surface area (TPSA) is 51.2 Å². The molecule has 0 spiro atoms. The van der Waals surface area contributed by atoms with Crippen LogP contribution in [-0.2, 0) is 14.3 Å². The van der Waals surface area contributed by atoms with Crippen LogP contribution in [0.25, 0.3) is 0 Å². The van der Waals surface area contributed by atoms with Crippen LogP contribution in [0.1, 0.15) is 12.8 Å². The van der Waals surface area contributed by atoms with Gasteiger partial charge in [-0.1, -0.05) is 0 Å². The van der Waals surface area contributed by atoms with Crippen LogP contribution in [-0.4, -0.2) is 56.5 Å². The smallest absolute Gasteiger partial charge is 0.147 e. The standard InChI is InChI=1S/C9H19NO4/c1-12-8-14-9(7-11)3-5-10(13-2)6-4-9/h11H,3-8H2,1-2H3. The van der Waals surface area contributed by atoms with Gasteiger partial charge in [-0.3, -0.25) is 0 Å². The molecule has 0 aliphatic carbocycles. The maximum absolute atomic E-state index is 9.29. The number of ether oxygens (including phenoxy) is 2. The lowest BCUT2D eigenvalue weighted by Gasteiger charge is -2.39. The van der Waals surface area contributed by atoms with Crippen LogP contribution in [0.5, 0.6) is 0 Å². The molecule has 1 fully saturated rings. The number of aliphatic hydroxyl groups excluding tert-OH is 1. The molecule has 0 saturated carbocycles. The molecule has 0 aromatic heterocycles. The Kier molecular flexibility index (Phi) is 4.77. The van der Waals surface area contributed by atoms with Gasteiger partial charge in [-0.25, -0.2) is 0 Å². The van der Waals surface area contributed by atoms with Gasteiger partial charge in [-0.2, -0.15) is 5.06 Å². The molecule has 0 amide bonds. The number of methoxy groups -OCH3 is 1. The minimum Gasteiger partial charge on any atom is -0.393 e. The van der Waals surface area contributed by atoms with Gasteiger partial charge < -0.3 is 19.4 Å². The Labute approximate surface area is 84.5 Å². The molecule has 5 heteroatoms. The fourth-order valence-corrected chi connectivity index (χ4v) is 1.61. The second-order valence-electron chi connectivity index (χ2n) is 3.50. The summed E-state index contributed by atoms with van der Waals surface area (Å²) >= 11 is 0. The summed E-state index contributed by atoms with van der Waals surface area (Å²) in [7, 11) is 3.23. The van der Waals surface area contributed by atoms with Crippen molar-refractivity contribution in [2.45, 2.75) is 18.4 Å². The van der Waals surface area contributed by atoms with Gasteiger partial charge in [0.1, 0.15) is 6.79 Å². The number of nitrogens with zero attached hydrogens (tertiary/aromatic N) is 1. The molecule has 0 unspecified atom stereocenters. The number of hydrogen-bond acceptors (Lipinski definition) is 5. The third kappa shape index (κ3) is 2.90. The van der Waals surface area contributed by atoms with E-state index in [1.54, 1.807) is 14.2 Å². The zero-order valence-corrected chi connectivity index (χ0v) is 8.86. The summed E-state index contributed by atoms with van der Waals surface area (Å²) in [5.74, 6) is 0. The predicted octanol–water partition coefficient (Wildman–Crippen LogP) is -0.00480. The van der Waals surface area contributed by atoms with Crippen LogP contribution in [0.15, 0.2) is 0 Å². The van der Waals surface area contributed by atoms with E-state index in [0.29, 0.717) is 0 Å². The lowest BCUT2D eigenvalue weighted by molar-refractivity contribution is -0.214. The van der Waals surface area contributed by atoms with Crippen molar-refractivity contribution >= 4 is 0 Å². The highest BCUT2D eigenvalue weighted by atomic mass is 16.7. The molecule has 0 aromatic carbocycles. The van der Waals surface area contributed by atoms with E-state index in [9.17, 15) is 5.11 Å². The van der Waals surface area contributed by atoms with E-state index in [2.05, 4.69) is 0 Å². The Morgan fingerprint density at radius 3 is 2.36 bits per heavy atom. The zero-order valence-electron chi connectivity index (χ0n) is 8.86. The minimum atomic E-state index is -0.439. The molecular formula is C9H19NO4. The van der Waals surface area contributed by atoms with Crippen LogP contribution in [0, 0.1) is 0 Å². The van der Waals surface area contributed by atoms with Crippen molar-refractivity contribution in [3.05, 3.63) is 0 Å². The van der Waals surface area contributed by atoms with Gasteiger partial charge >= 0.3 is 0 Å². The molecule has 1 aliphatic heterocycles. The van der Waals surface area contributed by atoms with Gasteiger partial charge in [0.05, 0.1) is 19.3 Å². The number of hydroxylamine groups is 2. The van der Waals surface area contributed by atoms with E-state index < -0.39 is 5.60 Å². The van der Waals surface area contributed by atoms with E-state index in [1.165, 1.54) is 0 Å². The Morgan fingerprint density at radius 2 is 1.93 bits per heavy atom. The maximum Gasteiger partial charge on any atom is 0.147 e. The molecule has 0 radical (unpaired) electrons. The summed E-state index contributed by atoms with van der Waals surface area (Å²) in [6.45, 7) is 1.82. The predicted molar refractivity (Wildman–Crippen MR) is 50.6 cm³/mol. The average Bonchev–Trinajstić information content (AvgIpc) is 2.27. The van der Waals surface area contributed by atoms with Crippen molar-refractivity contribution in [2.75, 3.05) is 40.7 Å². The summed E-state index contributed by atoms with van der Waals surface area (Å²) in [5, 5.41) is 11.2. The van der Waals surface area contributed by atoms with Crippen LogP contribution in [0.4, 0.5) is 0 Å². The fraction of sp³-hybridized carbons (Fsp3) is 1.00. The Bertz CT molecular complexity index is 157. The van der Waals surface area contributed by atoms with Gasteiger partial charge in [0, 0.05) is 20.2 Å². The van der Waals surface area contributed by atoms with Crippen molar-refractivity contribution in [1.29, 1.82) is 0 Å². The molecule has 0 aromatic rings. The van der Waals surface area contributed by atoms with E-state index in [-0.39, 0.29) is 13.4 Å². The first-order valence-electron chi connectivity index (χ1n) is 4.79. The van der Waals surface area contributed by atoms with Crippen molar-refractivity contribution in [2.24, 2.45) is 0 Å². The average molecular weight is 205 g/mol. The van der Waals surface area contributed by atoms with Gasteiger partial charge in [0.25, 0.3) is 0 Å². The molecule has 5 nitrogen and oxygen atoms in total. The molecule has 1 saturated heterocycles. The fourth-order valence-electron chi connectivity index (χ4n) is 1.61. The largest absolute Gasteiger partial charge is 0.393 e. The summed E-state index contributed by atoms with van der Waals surface area (Å²) in [6, 6.07) is 0. The van der Waals surface area contributed by atoms with Crippen LogP contribution in [0.3, 0.4) is 0 Å². The Morgan fingerprint density at radius 1 is 1.29 bits per heavy atom. The second kappa shape index (κ2) is 5.63. The molecular weight excluding hydrogens is 186 g/mol. The van der Waals surface area contributed by atoms with E-state index in [1.807, 2.05) is 5.06 Å². The number of hydrogen-bond donors (Lipinski definition) is 1. The van der Waals surface area contributed by atoms with E-state index in [0.717, 1.165) is 25.9 Å². The highest BCUT2D eigenvalue weighted by Crippen LogP contribution is 2.25. The quantitative estimate of drug-likeness (QED) is 0.640. The monoisotopic (exact) mass is 205 g/mol. The molecule has 84 valence electrons. The number of aliphatic hydroxyl groups is 1. The van der Waals surface area contributed by atoms with Crippen LogP contribution < -0.4 is 0 Å². The molecule has 1 rings (SSSR count). The Balaban J connectivity index is 2.39. The molecule has 1 aliphatic rings. The Hall–Kier alpha value is -0.200. The van der Waals surface area contributed by atoms with E-state index >= 15 is 0 Å². The van der Waals surface area contributed by atoms with Crippen molar-refractivity contribution in [1.82, 2.24) is 5.06 Å². The summed E-state index contributed by atoms with van der Waals surface area (Å²) in [5.41, 5.74) is -0.439. The van der Waals surface area contributed by atoms with Crippen LogP contribution in [0.2, 0.25) is 0 Å². The number of piperidine rings is 1. The first-order valence-corrected chi connectivity index (χ1v) is 4.79. The summed E-state index contributed by atoms with van der Waals surface area (Å²) in [6.07, 6.45) is 1.53. The van der Waals surface area contributed by atoms with Gasteiger partial charge in [0.2, 0.25) is 0 Å². The first kappa shape index (κ1) is 11.9. The summed E-state index contributed by atoms with van der Waals surface area (Å²) < 4.78 is 10.4. The van der Waals surface area contributed by atoms with Gasteiger partial charge in [-0.05, 0) is 12.8 Å². The molecule has 1 N–H and O–H groups in total. The van der Waals surface area contributed by atoms with E-state index in [4.69, 9.17) is 14.3 Å². The molecule has 1 heterocycles. The van der Waals surface area contributed by atoms with Crippen LogP contribution >= 0.6 is 0 Å². The second-order valence-corrected chi connectivity index (χ2v) is 3.50. The lowest BCUT2D eigenvalue weighted by atomic mass is 9.93. The minimum absolute atomic E-state index is 0.0356. The molecule has 14 heavy (non-hydrogen) atoms. The SMILES string of the molecule is COCOC1(CO)CCN(OC)CC1. The van der Waals surface area contributed by atoms with Gasteiger partial charge in [0.15, 0.2) is 0 Å². The highest BCUT2D eigenvalue weighted by Gasteiger charge is 2.35. The van der Waals surface area contributed by atoms with Gasteiger partial charge in [-0.15, -0.1) is 0 Å². The third-order valence-electron chi connectivity index (χ3n) is 2.66. The zero-order chi connectivity index (χ0) is 10.4. The number of rotatable bonds is 5.